The zero-order valence-corrected chi connectivity index (χ0v) is 20.1. The number of para-hydroxylation sites is 2. The van der Waals surface area contributed by atoms with Crippen LogP contribution in [-0.2, 0) is 17.8 Å². The van der Waals surface area contributed by atoms with Crippen LogP contribution in [-0.4, -0.2) is 55.2 Å². The number of anilines is 1. The number of benzene rings is 2. The Hall–Kier alpha value is -3.32. The first kappa shape index (κ1) is 23.4. The molecule has 3 aromatic rings. The maximum Gasteiger partial charge on any atom is 0.222 e. The molecule has 0 radical (unpaired) electrons. The molecule has 2 fully saturated rings. The highest BCUT2D eigenvalue weighted by Crippen LogP contribution is 2.28. The summed E-state index contributed by atoms with van der Waals surface area (Å²) in [4.78, 5) is 17.6. The molecule has 1 amide bonds. The van der Waals surface area contributed by atoms with Gasteiger partial charge in [0.1, 0.15) is 12.4 Å². The summed E-state index contributed by atoms with van der Waals surface area (Å²) in [5.41, 5.74) is 2.17. The van der Waals surface area contributed by atoms with Gasteiger partial charge in [-0.2, -0.15) is 0 Å². The highest BCUT2D eigenvalue weighted by molar-refractivity contribution is 5.77. The van der Waals surface area contributed by atoms with Crippen molar-refractivity contribution in [3.63, 3.8) is 0 Å². The average Bonchev–Trinajstić information content (AvgIpc) is 3.37. The van der Waals surface area contributed by atoms with Gasteiger partial charge >= 0.3 is 0 Å². The van der Waals surface area contributed by atoms with Gasteiger partial charge < -0.3 is 24.4 Å². The first-order chi connectivity index (χ1) is 17.2. The standard InChI is InChI=1S/C28H34N4O3/c33-28(32-15-13-31(14-16-32)25-7-3-1-4-8-25)18-22-11-12-29-20-23(22)17-24-19-27(35-30-24)21-34-26-9-5-2-6-10-26/h1-10,19,22-23,29H,11-18,20-21H2. The molecule has 2 aromatic carbocycles. The molecule has 2 aliphatic heterocycles. The zero-order valence-electron chi connectivity index (χ0n) is 20.1. The van der Waals surface area contributed by atoms with Crippen LogP contribution in [0.25, 0.3) is 0 Å². The summed E-state index contributed by atoms with van der Waals surface area (Å²) in [6.45, 7) is 5.58. The predicted octanol–water partition coefficient (Wildman–Crippen LogP) is 3.76. The third kappa shape index (κ3) is 6.22. The maximum absolute atomic E-state index is 13.2. The van der Waals surface area contributed by atoms with E-state index in [1.54, 1.807) is 0 Å². The Morgan fingerprint density at radius 3 is 2.51 bits per heavy atom. The number of amides is 1. The van der Waals surface area contributed by atoms with E-state index in [0.29, 0.717) is 24.9 Å². The van der Waals surface area contributed by atoms with Crippen molar-refractivity contribution >= 4 is 11.6 Å². The second-order valence-corrected chi connectivity index (χ2v) is 9.51. The van der Waals surface area contributed by atoms with Gasteiger partial charge in [0.05, 0.1) is 5.69 Å². The molecule has 184 valence electrons. The fraction of sp³-hybridized carbons (Fsp3) is 0.429. The van der Waals surface area contributed by atoms with Crippen LogP contribution >= 0.6 is 0 Å². The van der Waals surface area contributed by atoms with Crippen LogP contribution in [0.1, 0.15) is 24.3 Å². The fourth-order valence-electron chi connectivity index (χ4n) is 5.15. The van der Waals surface area contributed by atoms with Gasteiger partial charge in [-0.3, -0.25) is 4.79 Å². The number of piperidine rings is 1. The van der Waals surface area contributed by atoms with Crippen molar-refractivity contribution in [1.82, 2.24) is 15.4 Å². The van der Waals surface area contributed by atoms with Gasteiger partial charge in [0.2, 0.25) is 5.91 Å². The Balaban J connectivity index is 1.12. The molecule has 7 nitrogen and oxygen atoms in total. The van der Waals surface area contributed by atoms with Crippen molar-refractivity contribution in [2.75, 3.05) is 44.2 Å². The number of hydrogen-bond acceptors (Lipinski definition) is 6. The number of carbonyl (C=O) groups excluding carboxylic acids is 1. The van der Waals surface area contributed by atoms with Gasteiger partial charge in [0, 0.05) is 44.4 Å². The molecule has 5 rings (SSSR count). The Morgan fingerprint density at radius 1 is 1.00 bits per heavy atom. The summed E-state index contributed by atoms with van der Waals surface area (Å²) in [5.74, 6) is 2.54. The molecule has 2 saturated heterocycles. The van der Waals surface area contributed by atoms with Gasteiger partial charge in [-0.05, 0) is 62.0 Å². The Morgan fingerprint density at radius 2 is 1.74 bits per heavy atom. The molecular weight excluding hydrogens is 440 g/mol. The van der Waals surface area contributed by atoms with Gasteiger partial charge in [-0.15, -0.1) is 0 Å². The second kappa shape index (κ2) is 11.4. The molecule has 0 bridgehead atoms. The Bertz CT molecular complexity index is 1060. The molecule has 35 heavy (non-hydrogen) atoms. The molecule has 0 spiro atoms. The van der Waals surface area contributed by atoms with Gasteiger partial charge in [0.15, 0.2) is 5.76 Å². The molecular formula is C28H34N4O3. The van der Waals surface area contributed by atoms with Crippen LogP contribution < -0.4 is 15.0 Å². The first-order valence-corrected chi connectivity index (χ1v) is 12.7. The largest absolute Gasteiger partial charge is 0.486 e. The topological polar surface area (TPSA) is 70.8 Å². The van der Waals surface area contributed by atoms with E-state index in [0.717, 1.165) is 69.3 Å². The van der Waals surface area contributed by atoms with Crippen molar-refractivity contribution in [3.05, 3.63) is 78.2 Å². The minimum Gasteiger partial charge on any atom is -0.486 e. The highest BCUT2D eigenvalue weighted by atomic mass is 16.5. The normalized spacial score (nSPS) is 20.6. The lowest BCUT2D eigenvalue weighted by Gasteiger charge is -2.38. The summed E-state index contributed by atoms with van der Waals surface area (Å²) >= 11 is 0. The number of piperazine rings is 1. The predicted molar refractivity (Wildman–Crippen MR) is 135 cm³/mol. The van der Waals surface area contributed by atoms with E-state index in [-0.39, 0.29) is 5.91 Å². The van der Waals surface area contributed by atoms with E-state index in [9.17, 15) is 4.79 Å². The Labute approximate surface area is 207 Å². The monoisotopic (exact) mass is 474 g/mol. The van der Waals surface area contributed by atoms with Crippen molar-refractivity contribution in [2.45, 2.75) is 25.9 Å². The quantitative estimate of drug-likeness (QED) is 0.536. The van der Waals surface area contributed by atoms with Crippen molar-refractivity contribution in [1.29, 1.82) is 0 Å². The lowest BCUT2D eigenvalue weighted by molar-refractivity contribution is -0.133. The van der Waals surface area contributed by atoms with Gasteiger partial charge in [0.25, 0.3) is 0 Å². The number of nitrogens with one attached hydrogen (secondary N) is 1. The van der Waals surface area contributed by atoms with E-state index >= 15 is 0 Å². The van der Waals surface area contributed by atoms with E-state index < -0.39 is 0 Å². The zero-order chi connectivity index (χ0) is 23.9. The molecule has 7 heteroatoms. The van der Waals surface area contributed by atoms with Crippen molar-refractivity contribution in [2.24, 2.45) is 11.8 Å². The molecule has 2 aliphatic rings. The van der Waals surface area contributed by atoms with Gasteiger partial charge in [-0.25, -0.2) is 0 Å². The second-order valence-electron chi connectivity index (χ2n) is 9.51. The molecule has 2 atom stereocenters. The number of rotatable bonds is 8. The number of ether oxygens (including phenoxy) is 1. The van der Waals surface area contributed by atoms with E-state index in [1.807, 2.05) is 47.4 Å². The number of nitrogens with zero attached hydrogens (tertiary/aromatic N) is 3. The summed E-state index contributed by atoms with van der Waals surface area (Å²) in [5, 5.41) is 7.78. The van der Waals surface area contributed by atoms with Crippen LogP contribution in [0.3, 0.4) is 0 Å². The smallest absolute Gasteiger partial charge is 0.222 e. The molecule has 1 aromatic heterocycles. The molecule has 1 N–H and O–H groups in total. The third-order valence-electron chi connectivity index (χ3n) is 7.16. The van der Waals surface area contributed by atoms with Crippen LogP contribution in [0.15, 0.2) is 71.3 Å². The Kier molecular flexibility index (Phi) is 7.63. The summed E-state index contributed by atoms with van der Waals surface area (Å²) in [7, 11) is 0. The summed E-state index contributed by atoms with van der Waals surface area (Å²) in [6, 6.07) is 22.1. The van der Waals surface area contributed by atoms with E-state index in [4.69, 9.17) is 9.26 Å². The first-order valence-electron chi connectivity index (χ1n) is 12.7. The van der Waals surface area contributed by atoms with Crippen molar-refractivity contribution in [3.8, 4) is 5.75 Å². The van der Waals surface area contributed by atoms with E-state index in [1.165, 1.54) is 5.69 Å². The van der Waals surface area contributed by atoms with Gasteiger partial charge in [-0.1, -0.05) is 41.6 Å². The van der Waals surface area contributed by atoms with Crippen LogP contribution in [0.5, 0.6) is 5.75 Å². The molecule has 0 aliphatic carbocycles. The lowest BCUT2D eigenvalue weighted by atomic mass is 9.81. The third-order valence-corrected chi connectivity index (χ3v) is 7.16. The maximum atomic E-state index is 13.2. The highest BCUT2D eigenvalue weighted by Gasteiger charge is 2.30. The van der Waals surface area contributed by atoms with E-state index in [2.05, 4.69) is 39.6 Å². The van der Waals surface area contributed by atoms with Crippen LogP contribution in [0.4, 0.5) is 5.69 Å². The number of carbonyl (C=O) groups is 1. The van der Waals surface area contributed by atoms with Crippen LogP contribution in [0.2, 0.25) is 0 Å². The number of aromatic nitrogens is 1. The molecule has 3 heterocycles. The van der Waals surface area contributed by atoms with Crippen LogP contribution in [0, 0.1) is 11.8 Å². The lowest BCUT2D eigenvalue weighted by Crippen LogP contribution is -2.50. The minimum atomic E-state index is 0.284. The summed E-state index contributed by atoms with van der Waals surface area (Å²) in [6.07, 6.45) is 2.43. The SMILES string of the molecule is O=C(CC1CCNCC1Cc1cc(COc2ccccc2)on1)N1CCN(c2ccccc2)CC1. The molecule has 0 saturated carbocycles. The fourth-order valence-corrected chi connectivity index (χ4v) is 5.15. The summed E-state index contributed by atoms with van der Waals surface area (Å²) < 4.78 is 11.3. The minimum absolute atomic E-state index is 0.284. The average molecular weight is 475 g/mol. The van der Waals surface area contributed by atoms with Crippen molar-refractivity contribution < 1.29 is 14.1 Å². The number of hydrogen-bond donors (Lipinski definition) is 1. The molecule has 2 unspecified atom stereocenters.